The van der Waals surface area contributed by atoms with Gasteiger partial charge in [0.05, 0.1) is 12.2 Å². The van der Waals surface area contributed by atoms with Gasteiger partial charge in [-0.3, -0.25) is 9.59 Å². The lowest BCUT2D eigenvalue weighted by Gasteiger charge is -2.30. The Morgan fingerprint density at radius 2 is 1.80 bits per heavy atom. The molecule has 1 heterocycles. The van der Waals surface area contributed by atoms with E-state index in [2.05, 4.69) is 5.32 Å². The molecule has 1 aliphatic rings. The Balaban J connectivity index is 1.60. The molecule has 0 spiro atoms. The van der Waals surface area contributed by atoms with Crippen molar-refractivity contribution in [3.05, 3.63) is 88.7 Å². The number of amides is 2. The Morgan fingerprint density at radius 1 is 1.03 bits per heavy atom. The number of anilines is 2. The van der Waals surface area contributed by atoms with Crippen molar-refractivity contribution in [2.75, 3.05) is 16.8 Å². The van der Waals surface area contributed by atoms with Gasteiger partial charge in [0.2, 0.25) is 0 Å². The molecule has 2 amide bonds. The predicted molar refractivity (Wildman–Crippen MR) is 113 cm³/mol. The van der Waals surface area contributed by atoms with Gasteiger partial charge in [0.25, 0.3) is 11.8 Å². The third kappa shape index (κ3) is 4.03. The van der Waals surface area contributed by atoms with Gasteiger partial charge in [0.15, 0.2) is 6.61 Å². The van der Waals surface area contributed by atoms with Crippen LogP contribution in [0.5, 0.6) is 5.75 Å². The first-order chi connectivity index (χ1) is 14.4. The molecule has 152 valence electrons. The monoisotopic (exact) mass is 404 g/mol. The molecule has 0 aromatic heterocycles. The van der Waals surface area contributed by atoms with E-state index in [1.54, 1.807) is 35.2 Å². The number of nitrogens with zero attached hydrogens (tertiary/aromatic N) is 1. The number of hydrogen-bond acceptors (Lipinski definition) is 3. The number of carbonyl (C=O) groups is 2. The molecule has 3 aromatic rings. The number of aryl methyl sites for hydroxylation is 2. The summed E-state index contributed by atoms with van der Waals surface area (Å²) in [6.07, 6.45) is 0. The zero-order chi connectivity index (χ0) is 21.3. The van der Waals surface area contributed by atoms with Crippen molar-refractivity contribution in [3.8, 4) is 5.75 Å². The van der Waals surface area contributed by atoms with Crippen LogP contribution in [0.4, 0.5) is 15.8 Å². The molecular weight excluding hydrogens is 383 g/mol. The van der Waals surface area contributed by atoms with Gasteiger partial charge in [0, 0.05) is 11.3 Å². The van der Waals surface area contributed by atoms with Crippen LogP contribution in [0.3, 0.4) is 0 Å². The van der Waals surface area contributed by atoms with Gasteiger partial charge in [-0.2, -0.15) is 0 Å². The van der Waals surface area contributed by atoms with E-state index in [4.69, 9.17) is 4.74 Å². The summed E-state index contributed by atoms with van der Waals surface area (Å²) in [7, 11) is 0. The average Bonchev–Trinajstić information content (AvgIpc) is 2.74. The zero-order valence-electron chi connectivity index (χ0n) is 16.7. The molecule has 30 heavy (non-hydrogen) atoms. The average molecular weight is 404 g/mol. The number of nitrogens with one attached hydrogen (secondary N) is 1. The molecular formula is C24H21FN2O3. The minimum absolute atomic E-state index is 0.0810. The van der Waals surface area contributed by atoms with Gasteiger partial charge in [-0.15, -0.1) is 0 Å². The quantitative estimate of drug-likeness (QED) is 0.690. The highest BCUT2D eigenvalue weighted by Crippen LogP contribution is 2.34. The number of ether oxygens (including phenoxy) is 1. The van der Waals surface area contributed by atoms with Crippen molar-refractivity contribution in [3.63, 3.8) is 0 Å². The lowest BCUT2D eigenvalue weighted by atomic mass is 10.1. The van der Waals surface area contributed by atoms with Crippen molar-refractivity contribution in [1.82, 2.24) is 0 Å². The zero-order valence-corrected chi connectivity index (χ0v) is 16.7. The van der Waals surface area contributed by atoms with Gasteiger partial charge in [0.1, 0.15) is 11.6 Å². The maximum Gasteiger partial charge on any atom is 0.265 e. The molecule has 0 unspecified atom stereocenters. The minimum atomic E-state index is -0.335. The van der Waals surface area contributed by atoms with E-state index >= 15 is 0 Å². The molecule has 0 saturated heterocycles. The van der Waals surface area contributed by atoms with Gasteiger partial charge in [-0.25, -0.2) is 4.39 Å². The summed E-state index contributed by atoms with van der Waals surface area (Å²) < 4.78 is 18.7. The van der Waals surface area contributed by atoms with E-state index < -0.39 is 0 Å². The molecule has 5 nitrogen and oxygen atoms in total. The summed E-state index contributed by atoms with van der Waals surface area (Å²) in [4.78, 5) is 26.8. The Bertz CT molecular complexity index is 1130. The number of halogens is 1. The molecule has 0 aliphatic carbocycles. The molecule has 1 N–H and O–H groups in total. The molecule has 6 heteroatoms. The van der Waals surface area contributed by atoms with Crippen LogP contribution in [-0.4, -0.2) is 18.4 Å². The first kappa shape index (κ1) is 19.6. The molecule has 3 aromatic carbocycles. The fraction of sp³-hybridized carbons (Fsp3) is 0.167. The summed E-state index contributed by atoms with van der Waals surface area (Å²) >= 11 is 0. The second-order valence-corrected chi connectivity index (χ2v) is 7.33. The van der Waals surface area contributed by atoms with E-state index in [1.165, 1.54) is 12.1 Å². The molecule has 1 aliphatic heterocycles. The van der Waals surface area contributed by atoms with Gasteiger partial charge in [-0.1, -0.05) is 18.2 Å². The first-order valence-corrected chi connectivity index (χ1v) is 9.61. The molecule has 0 saturated carbocycles. The normalized spacial score (nSPS) is 12.9. The Kier molecular flexibility index (Phi) is 5.23. The van der Waals surface area contributed by atoms with Crippen LogP contribution in [0.25, 0.3) is 0 Å². The molecule has 0 radical (unpaired) electrons. The summed E-state index contributed by atoms with van der Waals surface area (Å²) in [6, 6.07) is 16.7. The van der Waals surface area contributed by atoms with E-state index in [-0.39, 0.29) is 30.8 Å². The predicted octanol–water partition coefficient (Wildman–Crippen LogP) is 4.62. The smallest absolute Gasteiger partial charge is 0.265 e. The standard InChI is InChI=1S/C24H21FN2O3/c1-15-3-9-20(11-16(15)2)26-24(29)18-6-10-22-21(12-18)27(23(28)14-30-22)13-17-4-7-19(25)8-5-17/h3-12H,13-14H2,1-2H3,(H,26,29). The van der Waals surface area contributed by atoms with Crippen LogP contribution >= 0.6 is 0 Å². The second kappa shape index (κ2) is 7.99. The molecule has 4 rings (SSSR count). The molecule has 0 bridgehead atoms. The van der Waals surface area contributed by atoms with E-state index in [0.717, 1.165) is 16.7 Å². The molecule has 0 fully saturated rings. The summed E-state index contributed by atoms with van der Waals surface area (Å²) in [5.41, 5.74) is 4.65. The fourth-order valence-electron chi connectivity index (χ4n) is 3.31. The van der Waals surface area contributed by atoms with Crippen molar-refractivity contribution >= 4 is 23.2 Å². The van der Waals surface area contributed by atoms with E-state index in [9.17, 15) is 14.0 Å². The SMILES string of the molecule is Cc1ccc(NC(=O)c2ccc3c(c2)N(Cc2ccc(F)cc2)C(=O)CO3)cc1C. The highest BCUT2D eigenvalue weighted by molar-refractivity contribution is 6.06. The maximum atomic E-state index is 13.2. The lowest BCUT2D eigenvalue weighted by molar-refractivity contribution is -0.121. The summed E-state index contributed by atoms with van der Waals surface area (Å²) in [5.74, 6) is -0.309. The maximum absolute atomic E-state index is 13.2. The van der Waals surface area contributed by atoms with Gasteiger partial charge < -0.3 is 15.0 Å². The van der Waals surface area contributed by atoms with Crippen LogP contribution in [0.2, 0.25) is 0 Å². The first-order valence-electron chi connectivity index (χ1n) is 9.61. The van der Waals surface area contributed by atoms with Crippen molar-refractivity contribution < 1.29 is 18.7 Å². The van der Waals surface area contributed by atoms with Crippen molar-refractivity contribution in [2.45, 2.75) is 20.4 Å². The summed E-state index contributed by atoms with van der Waals surface area (Å²) in [6.45, 7) is 4.18. The summed E-state index contributed by atoms with van der Waals surface area (Å²) in [5, 5.41) is 2.89. The van der Waals surface area contributed by atoms with Gasteiger partial charge in [-0.05, 0) is 73.0 Å². The van der Waals surface area contributed by atoms with Gasteiger partial charge >= 0.3 is 0 Å². The fourth-order valence-corrected chi connectivity index (χ4v) is 3.31. The second-order valence-electron chi connectivity index (χ2n) is 7.33. The number of rotatable bonds is 4. The highest BCUT2D eigenvalue weighted by Gasteiger charge is 2.26. The number of benzene rings is 3. The van der Waals surface area contributed by atoms with Crippen LogP contribution in [0, 0.1) is 19.7 Å². The minimum Gasteiger partial charge on any atom is -0.482 e. The van der Waals surface area contributed by atoms with Crippen molar-refractivity contribution in [1.29, 1.82) is 0 Å². The lowest BCUT2D eigenvalue weighted by Crippen LogP contribution is -2.38. The largest absolute Gasteiger partial charge is 0.482 e. The highest BCUT2D eigenvalue weighted by atomic mass is 19.1. The van der Waals surface area contributed by atoms with E-state index in [0.29, 0.717) is 22.7 Å². The number of hydrogen-bond donors (Lipinski definition) is 1. The number of carbonyl (C=O) groups excluding carboxylic acids is 2. The van der Waals surface area contributed by atoms with Crippen LogP contribution < -0.4 is 15.0 Å². The van der Waals surface area contributed by atoms with Crippen LogP contribution in [-0.2, 0) is 11.3 Å². The Morgan fingerprint density at radius 3 is 2.53 bits per heavy atom. The van der Waals surface area contributed by atoms with Crippen molar-refractivity contribution in [2.24, 2.45) is 0 Å². The number of fused-ring (bicyclic) bond motifs is 1. The third-order valence-electron chi connectivity index (χ3n) is 5.18. The molecule has 0 atom stereocenters. The Hall–Kier alpha value is -3.67. The Labute approximate surface area is 174 Å². The van der Waals surface area contributed by atoms with Crippen LogP contribution in [0.15, 0.2) is 60.7 Å². The van der Waals surface area contributed by atoms with Crippen LogP contribution in [0.1, 0.15) is 27.0 Å². The van der Waals surface area contributed by atoms with E-state index in [1.807, 2.05) is 32.0 Å². The third-order valence-corrected chi connectivity index (χ3v) is 5.18. The topological polar surface area (TPSA) is 58.6 Å².